The number of halogens is 1. The van der Waals surface area contributed by atoms with Crippen LogP contribution in [0.25, 0.3) is 0 Å². The standard InChI is InChI=1S/C24H31BrN4O4S/c1-5-29(3)16-26-22-15-21(25)24(27-17(22)2)33-19-7-6-8-20(14-19)34(4,31)28-23(30)13-18-9-11-32-12-10-18/h6-8,14-16,18H,5,9-13H2,1-4H3. The molecule has 2 heterocycles. The topological polar surface area (TPSA) is 93.5 Å². The van der Waals surface area contributed by atoms with Crippen LogP contribution in [0, 0.1) is 12.8 Å². The maximum Gasteiger partial charge on any atom is 0.254 e. The summed E-state index contributed by atoms with van der Waals surface area (Å²) in [6, 6.07) is 8.64. The van der Waals surface area contributed by atoms with Gasteiger partial charge in [-0.05, 0) is 72.8 Å². The van der Waals surface area contributed by atoms with E-state index in [4.69, 9.17) is 9.47 Å². The summed E-state index contributed by atoms with van der Waals surface area (Å²) in [4.78, 5) is 23.8. The lowest BCUT2D eigenvalue weighted by Gasteiger charge is -2.20. The van der Waals surface area contributed by atoms with Crippen LogP contribution in [0.15, 0.2) is 49.1 Å². The summed E-state index contributed by atoms with van der Waals surface area (Å²) in [5.41, 5.74) is 1.44. The van der Waals surface area contributed by atoms with E-state index in [1.54, 1.807) is 30.6 Å². The van der Waals surface area contributed by atoms with Gasteiger partial charge < -0.3 is 14.4 Å². The fraction of sp³-hybridized carbons (Fsp3) is 0.458. The third-order valence-corrected chi connectivity index (χ3v) is 7.79. The molecule has 1 amide bonds. The molecule has 8 nitrogen and oxygen atoms in total. The zero-order valence-electron chi connectivity index (χ0n) is 20.0. The first-order valence-electron chi connectivity index (χ1n) is 11.2. The van der Waals surface area contributed by atoms with Gasteiger partial charge in [-0.25, -0.2) is 14.2 Å². The van der Waals surface area contributed by atoms with Gasteiger partial charge in [-0.1, -0.05) is 6.07 Å². The second kappa shape index (κ2) is 11.9. The number of benzene rings is 1. The number of aliphatic imine (C=N–C) groups is 1. The smallest absolute Gasteiger partial charge is 0.254 e. The fourth-order valence-electron chi connectivity index (χ4n) is 3.36. The second-order valence-electron chi connectivity index (χ2n) is 8.32. The maximum absolute atomic E-state index is 13.2. The molecule has 1 aromatic heterocycles. The molecule has 0 radical (unpaired) electrons. The van der Waals surface area contributed by atoms with E-state index < -0.39 is 9.73 Å². The fourth-order valence-corrected chi connectivity index (χ4v) is 4.98. The number of hydrogen-bond donors (Lipinski definition) is 0. The van der Waals surface area contributed by atoms with Crippen molar-refractivity contribution in [1.29, 1.82) is 0 Å². The Morgan fingerprint density at radius 1 is 1.35 bits per heavy atom. The van der Waals surface area contributed by atoms with Crippen molar-refractivity contribution >= 4 is 43.6 Å². The van der Waals surface area contributed by atoms with Gasteiger partial charge in [-0.3, -0.25) is 4.79 Å². The summed E-state index contributed by atoms with van der Waals surface area (Å²) >= 11 is 3.50. The summed E-state index contributed by atoms with van der Waals surface area (Å²) in [5.74, 6) is 0.716. The van der Waals surface area contributed by atoms with Gasteiger partial charge in [0, 0.05) is 39.5 Å². The lowest BCUT2D eigenvalue weighted by atomic mass is 9.96. The van der Waals surface area contributed by atoms with Crippen molar-refractivity contribution in [3.05, 3.63) is 40.5 Å². The van der Waals surface area contributed by atoms with Gasteiger partial charge in [0.2, 0.25) is 5.88 Å². The van der Waals surface area contributed by atoms with Gasteiger partial charge >= 0.3 is 0 Å². The number of carbonyl (C=O) groups is 1. The summed E-state index contributed by atoms with van der Waals surface area (Å²) in [7, 11) is -0.963. The first-order chi connectivity index (χ1) is 16.2. The molecule has 1 aromatic carbocycles. The molecule has 1 fully saturated rings. The second-order valence-corrected chi connectivity index (χ2v) is 11.4. The van der Waals surface area contributed by atoms with E-state index in [1.165, 1.54) is 6.26 Å². The van der Waals surface area contributed by atoms with Crippen LogP contribution in [-0.2, 0) is 19.3 Å². The Bertz CT molecular complexity index is 1170. The quantitative estimate of drug-likeness (QED) is 0.324. The molecule has 3 rings (SSSR count). The average molecular weight is 552 g/mol. The summed E-state index contributed by atoms with van der Waals surface area (Å²) in [6.07, 6.45) is 5.19. The van der Waals surface area contributed by atoms with Crippen LogP contribution in [0.1, 0.15) is 31.9 Å². The van der Waals surface area contributed by atoms with Crippen molar-refractivity contribution in [1.82, 2.24) is 9.88 Å². The Labute approximate surface area is 210 Å². The summed E-state index contributed by atoms with van der Waals surface area (Å²) in [5, 5.41) is 0. The molecule has 0 N–H and O–H groups in total. The van der Waals surface area contributed by atoms with Crippen LogP contribution in [-0.4, -0.2) is 59.4 Å². The van der Waals surface area contributed by atoms with Crippen LogP contribution >= 0.6 is 15.9 Å². The van der Waals surface area contributed by atoms with Crippen molar-refractivity contribution < 1.29 is 18.5 Å². The van der Waals surface area contributed by atoms with E-state index in [-0.39, 0.29) is 11.8 Å². The minimum Gasteiger partial charge on any atom is -0.438 e. The van der Waals surface area contributed by atoms with Gasteiger partial charge in [-0.15, -0.1) is 0 Å². The predicted octanol–water partition coefficient (Wildman–Crippen LogP) is 5.36. The monoisotopic (exact) mass is 550 g/mol. The normalized spacial score (nSPS) is 16.3. The van der Waals surface area contributed by atoms with E-state index in [0.717, 1.165) is 25.1 Å². The molecule has 10 heteroatoms. The first-order valence-corrected chi connectivity index (χ1v) is 13.9. The number of pyridine rings is 1. The van der Waals surface area contributed by atoms with Crippen molar-refractivity contribution in [2.45, 2.75) is 38.0 Å². The summed E-state index contributed by atoms with van der Waals surface area (Å²) < 4.78 is 29.2. The van der Waals surface area contributed by atoms with Gasteiger partial charge in [0.1, 0.15) is 5.75 Å². The third-order valence-electron chi connectivity index (χ3n) is 5.54. The molecule has 0 aliphatic carbocycles. The first kappa shape index (κ1) is 26.3. The Morgan fingerprint density at radius 2 is 2.09 bits per heavy atom. The minimum absolute atomic E-state index is 0.233. The van der Waals surface area contributed by atoms with Crippen LogP contribution in [0.2, 0.25) is 0 Å². The van der Waals surface area contributed by atoms with Crippen molar-refractivity contribution in [2.24, 2.45) is 15.3 Å². The molecule has 34 heavy (non-hydrogen) atoms. The Balaban J connectivity index is 1.77. The number of nitrogens with zero attached hydrogens (tertiary/aromatic N) is 4. The van der Waals surface area contributed by atoms with Crippen molar-refractivity contribution in [3.8, 4) is 11.6 Å². The Morgan fingerprint density at radius 3 is 2.79 bits per heavy atom. The lowest BCUT2D eigenvalue weighted by Crippen LogP contribution is -2.18. The van der Waals surface area contributed by atoms with Gasteiger partial charge in [0.05, 0.1) is 36.8 Å². The molecule has 1 aliphatic heterocycles. The zero-order chi connectivity index (χ0) is 24.7. The lowest BCUT2D eigenvalue weighted by molar-refractivity contribution is -0.119. The summed E-state index contributed by atoms with van der Waals surface area (Å²) in [6.45, 7) is 6.07. The van der Waals surface area contributed by atoms with E-state index in [9.17, 15) is 9.00 Å². The number of rotatable bonds is 8. The highest BCUT2D eigenvalue weighted by Crippen LogP contribution is 2.33. The van der Waals surface area contributed by atoms with E-state index in [2.05, 4.69) is 30.3 Å². The Kier molecular flexibility index (Phi) is 9.21. The van der Waals surface area contributed by atoms with E-state index in [1.807, 2.05) is 31.9 Å². The van der Waals surface area contributed by atoms with Gasteiger partial charge in [0.15, 0.2) is 0 Å². The zero-order valence-corrected chi connectivity index (χ0v) is 22.4. The molecule has 184 valence electrons. The van der Waals surface area contributed by atoms with E-state index in [0.29, 0.717) is 46.3 Å². The van der Waals surface area contributed by atoms with Gasteiger partial charge in [0.25, 0.3) is 5.91 Å². The molecule has 0 bridgehead atoms. The average Bonchev–Trinajstić information content (AvgIpc) is 2.80. The number of aromatic nitrogens is 1. The number of amides is 1. The van der Waals surface area contributed by atoms with Crippen molar-refractivity contribution in [3.63, 3.8) is 0 Å². The molecule has 2 aromatic rings. The van der Waals surface area contributed by atoms with Crippen LogP contribution in [0.3, 0.4) is 0 Å². The van der Waals surface area contributed by atoms with Crippen LogP contribution in [0.5, 0.6) is 11.6 Å². The van der Waals surface area contributed by atoms with Gasteiger partial charge in [-0.2, -0.15) is 4.36 Å². The van der Waals surface area contributed by atoms with Crippen molar-refractivity contribution in [2.75, 3.05) is 33.1 Å². The van der Waals surface area contributed by atoms with E-state index >= 15 is 0 Å². The third kappa shape index (κ3) is 7.35. The number of aryl methyl sites for hydroxylation is 1. The predicted molar refractivity (Wildman–Crippen MR) is 138 cm³/mol. The SMILES string of the molecule is CCN(C)C=Nc1cc(Br)c(Oc2cccc(S(C)(=O)=NC(=O)CC3CCOCC3)c2)nc1C. The molecule has 1 unspecified atom stereocenters. The maximum atomic E-state index is 13.2. The highest BCUT2D eigenvalue weighted by Gasteiger charge is 2.19. The molecule has 1 aliphatic rings. The molecule has 1 atom stereocenters. The minimum atomic E-state index is -2.91. The highest BCUT2D eigenvalue weighted by molar-refractivity contribution is 9.10. The largest absolute Gasteiger partial charge is 0.438 e. The number of hydrogen-bond acceptors (Lipinski definition) is 6. The van der Waals surface area contributed by atoms with Crippen LogP contribution < -0.4 is 4.74 Å². The molecule has 0 spiro atoms. The Hall–Kier alpha value is -2.30. The molecular formula is C24H31BrN4O4S. The highest BCUT2D eigenvalue weighted by atomic mass is 79.9. The number of ether oxygens (including phenoxy) is 2. The molecular weight excluding hydrogens is 520 g/mol. The molecule has 1 saturated heterocycles. The van der Waals surface area contributed by atoms with Crippen LogP contribution in [0.4, 0.5) is 5.69 Å². The number of carbonyl (C=O) groups excluding carboxylic acids is 1. The molecule has 0 saturated carbocycles.